The van der Waals surface area contributed by atoms with Crippen LogP contribution in [0.5, 0.6) is 5.75 Å². The first-order valence-corrected chi connectivity index (χ1v) is 5.80. The van der Waals surface area contributed by atoms with Gasteiger partial charge in [-0.2, -0.15) is 0 Å². The number of carbonyl (C=O) groups is 2. The van der Waals surface area contributed by atoms with Crippen molar-refractivity contribution in [1.29, 1.82) is 0 Å². The monoisotopic (exact) mass is 250 g/mol. The van der Waals surface area contributed by atoms with Crippen molar-refractivity contribution < 1.29 is 19.1 Å². The van der Waals surface area contributed by atoms with E-state index in [-0.39, 0.29) is 6.61 Å². The Bertz CT molecular complexity index is 489. The molecule has 0 aliphatic heterocycles. The summed E-state index contributed by atoms with van der Waals surface area (Å²) in [5.74, 6) is -1.05. The zero-order chi connectivity index (χ0) is 13.9. The van der Waals surface area contributed by atoms with Crippen molar-refractivity contribution in [3.8, 4) is 5.75 Å². The fourth-order valence-corrected chi connectivity index (χ4v) is 1.89. The molecule has 0 radical (unpaired) electrons. The lowest BCUT2D eigenvalue weighted by Crippen LogP contribution is -2.20. The Morgan fingerprint density at radius 2 is 1.78 bits per heavy atom. The van der Waals surface area contributed by atoms with Crippen LogP contribution in [-0.2, 0) is 9.53 Å². The zero-order valence-corrected chi connectivity index (χ0v) is 11.4. The molecule has 0 amide bonds. The van der Waals surface area contributed by atoms with Crippen LogP contribution >= 0.6 is 0 Å². The van der Waals surface area contributed by atoms with Gasteiger partial charge in [-0.25, -0.2) is 4.79 Å². The number of Topliss-reactive ketones (excluding diaryl/α,β-unsaturated/α-hetero) is 1. The maximum absolute atomic E-state index is 12.0. The molecule has 0 fully saturated rings. The topological polar surface area (TPSA) is 52.6 Å². The van der Waals surface area contributed by atoms with Crippen LogP contribution in [0.3, 0.4) is 0 Å². The molecule has 0 aromatic heterocycles. The van der Waals surface area contributed by atoms with Gasteiger partial charge in [0.15, 0.2) is 0 Å². The molecule has 0 aliphatic rings. The Kier molecular flexibility index (Phi) is 4.48. The lowest BCUT2D eigenvalue weighted by molar-refractivity contribution is -0.137. The number of methoxy groups -OCH3 is 1. The molecule has 4 heteroatoms. The van der Waals surface area contributed by atoms with Crippen molar-refractivity contribution in [2.75, 3.05) is 13.7 Å². The van der Waals surface area contributed by atoms with Crippen molar-refractivity contribution in [3.05, 3.63) is 28.3 Å². The largest absolute Gasteiger partial charge is 0.496 e. The first kappa shape index (κ1) is 14.2. The zero-order valence-electron chi connectivity index (χ0n) is 11.4. The standard InChI is InChI=1S/C14H18O4/c1-6-18-14(16)12(15)11-9(3)7-8(2)10(4)13(11)17-5/h7H,6H2,1-5H3. The van der Waals surface area contributed by atoms with E-state index >= 15 is 0 Å². The van der Waals surface area contributed by atoms with E-state index in [9.17, 15) is 9.59 Å². The number of hydrogen-bond acceptors (Lipinski definition) is 4. The number of carbonyl (C=O) groups excluding carboxylic acids is 2. The molecule has 1 aromatic carbocycles. The summed E-state index contributed by atoms with van der Waals surface area (Å²) in [6.07, 6.45) is 0. The molecule has 0 saturated carbocycles. The molecular weight excluding hydrogens is 232 g/mol. The molecular formula is C14H18O4. The minimum absolute atomic E-state index is 0.177. The number of esters is 1. The Labute approximate surface area is 107 Å². The minimum atomic E-state index is -0.845. The van der Waals surface area contributed by atoms with Crippen LogP contribution in [0, 0.1) is 20.8 Å². The van der Waals surface area contributed by atoms with Crippen LogP contribution in [0.15, 0.2) is 6.07 Å². The minimum Gasteiger partial charge on any atom is -0.496 e. The predicted molar refractivity (Wildman–Crippen MR) is 68.2 cm³/mol. The van der Waals surface area contributed by atoms with Crippen molar-refractivity contribution in [1.82, 2.24) is 0 Å². The highest BCUT2D eigenvalue weighted by atomic mass is 16.5. The SMILES string of the molecule is CCOC(=O)C(=O)c1c(C)cc(C)c(C)c1OC. The van der Waals surface area contributed by atoms with Crippen LogP contribution in [0.1, 0.15) is 34.0 Å². The van der Waals surface area contributed by atoms with Crippen molar-refractivity contribution in [2.45, 2.75) is 27.7 Å². The second kappa shape index (κ2) is 5.67. The van der Waals surface area contributed by atoms with Crippen molar-refractivity contribution in [2.24, 2.45) is 0 Å². The van der Waals surface area contributed by atoms with Gasteiger partial charge in [-0.1, -0.05) is 6.07 Å². The predicted octanol–water partition coefficient (Wildman–Crippen LogP) is 2.37. The lowest BCUT2D eigenvalue weighted by Gasteiger charge is -2.15. The third-order valence-corrected chi connectivity index (χ3v) is 2.88. The second-order valence-corrected chi connectivity index (χ2v) is 4.09. The van der Waals surface area contributed by atoms with Crippen LogP contribution in [0.25, 0.3) is 0 Å². The van der Waals surface area contributed by atoms with E-state index in [1.807, 2.05) is 19.9 Å². The fraction of sp³-hybridized carbons (Fsp3) is 0.429. The number of ether oxygens (including phenoxy) is 2. The third-order valence-electron chi connectivity index (χ3n) is 2.88. The van der Waals surface area contributed by atoms with Gasteiger partial charge in [-0.15, -0.1) is 0 Å². The van der Waals surface area contributed by atoms with Crippen molar-refractivity contribution in [3.63, 3.8) is 0 Å². The number of rotatable bonds is 4. The molecule has 0 N–H and O–H groups in total. The van der Waals surface area contributed by atoms with Gasteiger partial charge >= 0.3 is 5.97 Å². The Morgan fingerprint density at radius 1 is 1.17 bits per heavy atom. The van der Waals surface area contributed by atoms with Crippen LogP contribution < -0.4 is 4.74 Å². The fourth-order valence-electron chi connectivity index (χ4n) is 1.89. The van der Waals surface area contributed by atoms with Crippen LogP contribution in [0.4, 0.5) is 0 Å². The average molecular weight is 250 g/mol. The molecule has 0 spiro atoms. The molecule has 18 heavy (non-hydrogen) atoms. The molecule has 4 nitrogen and oxygen atoms in total. The van der Waals surface area contributed by atoms with E-state index < -0.39 is 11.8 Å². The molecule has 0 heterocycles. The number of hydrogen-bond donors (Lipinski definition) is 0. The van der Waals surface area contributed by atoms with Gasteiger partial charge in [0.05, 0.1) is 19.3 Å². The van der Waals surface area contributed by atoms with Gasteiger partial charge in [0.1, 0.15) is 5.75 Å². The number of aryl methyl sites for hydroxylation is 2. The van der Waals surface area contributed by atoms with Gasteiger partial charge in [-0.3, -0.25) is 4.79 Å². The number of ketones is 1. The Balaban J connectivity index is 3.36. The summed E-state index contributed by atoms with van der Waals surface area (Å²) >= 11 is 0. The molecule has 1 rings (SSSR count). The van der Waals surface area contributed by atoms with E-state index in [0.29, 0.717) is 16.9 Å². The maximum Gasteiger partial charge on any atom is 0.379 e. The molecule has 0 aliphatic carbocycles. The molecule has 0 saturated heterocycles. The van der Waals surface area contributed by atoms with E-state index in [2.05, 4.69) is 0 Å². The normalized spacial score (nSPS) is 10.1. The summed E-state index contributed by atoms with van der Waals surface area (Å²) < 4.78 is 10.00. The highest BCUT2D eigenvalue weighted by molar-refractivity contribution is 6.41. The summed E-state index contributed by atoms with van der Waals surface area (Å²) in [4.78, 5) is 23.6. The molecule has 98 valence electrons. The van der Waals surface area contributed by atoms with Gasteiger partial charge in [0, 0.05) is 0 Å². The summed E-state index contributed by atoms with van der Waals surface area (Å²) in [5.41, 5.74) is 2.88. The van der Waals surface area contributed by atoms with Crippen LogP contribution in [-0.4, -0.2) is 25.5 Å². The van der Waals surface area contributed by atoms with Crippen LogP contribution in [0.2, 0.25) is 0 Å². The second-order valence-electron chi connectivity index (χ2n) is 4.09. The third kappa shape index (κ3) is 2.53. The first-order valence-electron chi connectivity index (χ1n) is 5.80. The van der Waals surface area contributed by atoms with Gasteiger partial charge in [-0.05, 0) is 44.4 Å². The van der Waals surface area contributed by atoms with Gasteiger partial charge in [0.2, 0.25) is 0 Å². The smallest absolute Gasteiger partial charge is 0.379 e. The Hall–Kier alpha value is -1.84. The summed E-state index contributed by atoms with van der Waals surface area (Å²) in [6.45, 7) is 7.41. The molecule has 0 bridgehead atoms. The van der Waals surface area contributed by atoms with E-state index in [4.69, 9.17) is 9.47 Å². The Morgan fingerprint density at radius 3 is 2.28 bits per heavy atom. The molecule has 1 aromatic rings. The van der Waals surface area contributed by atoms with E-state index in [0.717, 1.165) is 11.1 Å². The van der Waals surface area contributed by atoms with E-state index in [1.165, 1.54) is 7.11 Å². The maximum atomic E-state index is 12.0. The molecule has 0 atom stereocenters. The van der Waals surface area contributed by atoms with E-state index in [1.54, 1.807) is 13.8 Å². The highest BCUT2D eigenvalue weighted by Gasteiger charge is 2.25. The summed E-state index contributed by atoms with van der Waals surface area (Å²) in [5, 5.41) is 0. The molecule has 0 unspecified atom stereocenters. The van der Waals surface area contributed by atoms with Crippen molar-refractivity contribution >= 4 is 11.8 Å². The van der Waals surface area contributed by atoms with Gasteiger partial charge in [0.25, 0.3) is 5.78 Å². The highest BCUT2D eigenvalue weighted by Crippen LogP contribution is 2.30. The lowest BCUT2D eigenvalue weighted by atomic mass is 9.96. The average Bonchev–Trinajstić information content (AvgIpc) is 2.32. The summed E-state index contributed by atoms with van der Waals surface area (Å²) in [6, 6.07) is 1.87. The summed E-state index contributed by atoms with van der Waals surface area (Å²) in [7, 11) is 1.49. The quantitative estimate of drug-likeness (QED) is 0.467. The number of benzene rings is 1. The first-order chi connectivity index (χ1) is 8.43. The van der Waals surface area contributed by atoms with Gasteiger partial charge < -0.3 is 9.47 Å².